The van der Waals surface area contributed by atoms with E-state index >= 15 is 0 Å². The molecule has 21 heavy (non-hydrogen) atoms. The summed E-state index contributed by atoms with van der Waals surface area (Å²) in [4.78, 5) is 14.4. The number of nitrogens with zero attached hydrogens (tertiary/aromatic N) is 1. The van der Waals surface area contributed by atoms with Gasteiger partial charge in [-0.2, -0.15) is 0 Å². The number of benzene rings is 2. The van der Waals surface area contributed by atoms with Gasteiger partial charge in [0.1, 0.15) is 0 Å². The molecule has 0 saturated carbocycles. The monoisotopic (exact) mass is 282 g/mol. The Labute approximate surface area is 125 Å². The number of amides is 1. The molecule has 0 aromatic heterocycles. The van der Waals surface area contributed by atoms with Gasteiger partial charge in [0.05, 0.1) is 6.42 Å². The highest BCUT2D eigenvalue weighted by molar-refractivity contribution is 5.85. The van der Waals surface area contributed by atoms with Crippen molar-refractivity contribution >= 4 is 16.7 Å². The van der Waals surface area contributed by atoms with E-state index in [2.05, 4.69) is 37.3 Å². The first-order chi connectivity index (χ1) is 10.1. The lowest BCUT2D eigenvalue weighted by Gasteiger charge is -2.22. The van der Waals surface area contributed by atoms with Gasteiger partial charge in [-0.15, -0.1) is 0 Å². The molecule has 1 saturated heterocycles. The highest BCUT2D eigenvalue weighted by Gasteiger charge is 2.34. The largest absolute Gasteiger partial charge is 0.342 e. The van der Waals surface area contributed by atoms with Crippen molar-refractivity contribution in [3.63, 3.8) is 0 Å². The molecule has 1 unspecified atom stereocenters. The third-order valence-corrected chi connectivity index (χ3v) is 4.57. The van der Waals surface area contributed by atoms with Gasteiger partial charge in [-0.1, -0.05) is 49.4 Å². The lowest BCUT2D eigenvalue weighted by atomic mass is 9.90. The SMILES string of the molecule is CC1(CN)CCN(C(=O)Cc2ccc3ccccc3c2)C1. The Kier molecular flexibility index (Phi) is 3.68. The minimum Gasteiger partial charge on any atom is -0.342 e. The lowest BCUT2D eigenvalue weighted by molar-refractivity contribution is -0.129. The van der Waals surface area contributed by atoms with Crippen LogP contribution in [0.4, 0.5) is 0 Å². The Balaban J connectivity index is 1.72. The van der Waals surface area contributed by atoms with Crippen molar-refractivity contribution < 1.29 is 4.79 Å². The molecule has 0 bridgehead atoms. The number of carbonyl (C=O) groups excluding carboxylic acids is 1. The molecule has 1 amide bonds. The Morgan fingerprint density at radius 1 is 1.24 bits per heavy atom. The predicted octanol–water partition coefficient (Wildman–Crippen LogP) is 2.58. The second-order valence-electron chi connectivity index (χ2n) is 6.44. The number of carbonyl (C=O) groups is 1. The molecule has 1 atom stereocenters. The van der Waals surface area contributed by atoms with Gasteiger partial charge in [-0.05, 0) is 34.7 Å². The van der Waals surface area contributed by atoms with Crippen molar-refractivity contribution in [2.24, 2.45) is 11.1 Å². The molecule has 1 fully saturated rings. The summed E-state index contributed by atoms with van der Waals surface area (Å²) in [6.07, 6.45) is 1.48. The number of likely N-dealkylation sites (tertiary alicyclic amines) is 1. The van der Waals surface area contributed by atoms with Gasteiger partial charge in [0, 0.05) is 13.1 Å². The summed E-state index contributed by atoms with van der Waals surface area (Å²) in [5.41, 5.74) is 6.99. The molecule has 0 radical (unpaired) electrons. The highest BCUT2D eigenvalue weighted by atomic mass is 16.2. The van der Waals surface area contributed by atoms with Gasteiger partial charge in [0.25, 0.3) is 0 Å². The van der Waals surface area contributed by atoms with E-state index in [1.807, 2.05) is 17.0 Å². The fourth-order valence-corrected chi connectivity index (χ4v) is 3.04. The van der Waals surface area contributed by atoms with Crippen LogP contribution in [0, 0.1) is 5.41 Å². The molecule has 0 spiro atoms. The number of hydrogen-bond acceptors (Lipinski definition) is 2. The first kappa shape index (κ1) is 14.1. The number of fused-ring (bicyclic) bond motifs is 1. The fourth-order valence-electron chi connectivity index (χ4n) is 3.04. The summed E-state index contributed by atoms with van der Waals surface area (Å²) < 4.78 is 0. The first-order valence-electron chi connectivity index (χ1n) is 7.55. The number of hydrogen-bond donors (Lipinski definition) is 1. The summed E-state index contributed by atoms with van der Waals surface area (Å²) in [6.45, 7) is 4.43. The molecule has 1 aliphatic rings. The summed E-state index contributed by atoms with van der Waals surface area (Å²) in [5.74, 6) is 0.211. The third kappa shape index (κ3) is 2.93. The molecule has 2 N–H and O–H groups in total. The van der Waals surface area contributed by atoms with Crippen LogP contribution in [0.15, 0.2) is 42.5 Å². The standard InChI is InChI=1S/C18H22N2O/c1-18(12-19)8-9-20(13-18)17(21)11-14-6-7-15-4-2-3-5-16(15)10-14/h2-7,10H,8-9,11-13,19H2,1H3. The first-order valence-corrected chi connectivity index (χ1v) is 7.55. The average Bonchev–Trinajstić information content (AvgIpc) is 2.91. The van der Waals surface area contributed by atoms with Crippen molar-refractivity contribution in [3.05, 3.63) is 48.0 Å². The predicted molar refractivity (Wildman–Crippen MR) is 86.0 cm³/mol. The molecule has 110 valence electrons. The van der Waals surface area contributed by atoms with Crippen LogP contribution in [0.1, 0.15) is 18.9 Å². The Morgan fingerprint density at radius 3 is 2.71 bits per heavy atom. The van der Waals surface area contributed by atoms with Crippen molar-refractivity contribution in [1.82, 2.24) is 4.90 Å². The molecule has 1 aliphatic heterocycles. The zero-order valence-corrected chi connectivity index (χ0v) is 12.5. The quantitative estimate of drug-likeness (QED) is 0.940. The fraction of sp³-hybridized carbons (Fsp3) is 0.389. The number of rotatable bonds is 3. The summed E-state index contributed by atoms with van der Waals surface area (Å²) in [6, 6.07) is 14.5. The van der Waals surface area contributed by atoms with Crippen LogP contribution in [0.25, 0.3) is 10.8 Å². The maximum Gasteiger partial charge on any atom is 0.227 e. The van der Waals surface area contributed by atoms with Crippen molar-refractivity contribution in [3.8, 4) is 0 Å². The normalized spacial score (nSPS) is 21.9. The number of nitrogens with two attached hydrogens (primary N) is 1. The zero-order chi connectivity index (χ0) is 14.9. The zero-order valence-electron chi connectivity index (χ0n) is 12.5. The minimum atomic E-state index is 0.0963. The van der Waals surface area contributed by atoms with Crippen LogP contribution in [0.5, 0.6) is 0 Å². The van der Waals surface area contributed by atoms with E-state index in [-0.39, 0.29) is 11.3 Å². The lowest BCUT2D eigenvalue weighted by Crippen LogP contribution is -2.35. The summed E-state index contributed by atoms with van der Waals surface area (Å²) in [7, 11) is 0. The summed E-state index contributed by atoms with van der Waals surface area (Å²) in [5, 5.41) is 2.40. The minimum absolute atomic E-state index is 0.0963. The average molecular weight is 282 g/mol. The van der Waals surface area contributed by atoms with E-state index in [4.69, 9.17) is 5.73 Å². The third-order valence-electron chi connectivity index (χ3n) is 4.57. The molecule has 2 aromatic carbocycles. The van der Waals surface area contributed by atoms with Gasteiger partial charge < -0.3 is 10.6 Å². The van der Waals surface area contributed by atoms with Gasteiger partial charge in [0.2, 0.25) is 5.91 Å². The van der Waals surface area contributed by atoms with Gasteiger partial charge in [-0.25, -0.2) is 0 Å². The highest BCUT2D eigenvalue weighted by Crippen LogP contribution is 2.29. The van der Waals surface area contributed by atoms with Crippen LogP contribution in [0.2, 0.25) is 0 Å². The summed E-state index contributed by atoms with van der Waals surface area (Å²) >= 11 is 0. The van der Waals surface area contributed by atoms with Crippen LogP contribution in [-0.4, -0.2) is 30.4 Å². The Morgan fingerprint density at radius 2 is 2.00 bits per heavy atom. The Hall–Kier alpha value is -1.87. The van der Waals surface area contributed by atoms with E-state index in [9.17, 15) is 4.79 Å². The molecular formula is C18H22N2O. The van der Waals surface area contributed by atoms with E-state index in [1.54, 1.807) is 0 Å². The smallest absolute Gasteiger partial charge is 0.227 e. The van der Waals surface area contributed by atoms with E-state index in [0.717, 1.165) is 25.1 Å². The molecule has 3 rings (SSSR count). The van der Waals surface area contributed by atoms with E-state index < -0.39 is 0 Å². The molecule has 1 heterocycles. The van der Waals surface area contributed by atoms with Gasteiger partial charge >= 0.3 is 0 Å². The molecule has 3 heteroatoms. The molecule has 2 aromatic rings. The van der Waals surface area contributed by atoms with Gasteiger partial charge in [-0.3, -0.25) is 4.79 Å². The maximum absolute atomic E-state index is 12.4. The second kappa shape index (κ2) is 5.49. The van der Waals surface area contributed by atoms with Crippen molar-refractivity contribution in [2.75, 3.05) is 19.6 Å². The van der Waals surface area contributed by atoms with Crippen LogP contribution >= 0.6 is 0 Å². The maximum atomic E-state index is 12.4. The van der Waals surface area contributed by atoms with E-state index in [0.29, 0.717) is 13.0 Å². The van der Waals surface area contributed by atoms with Gasteiger partial charge in [0.15, 0.2) is 0 Å². The second-order valence-corrected chi connectivity index (χ2v) is 6.44. The molecule has 0 aliphatic carbocycles. The van der Waals surface area contributed by atoms with Crippen LogP contribution < -0.4 is 5.73 Å². The van der Waals surface area contributed by atoms with Crippen LogP contribution in [-0.2, 0) is 11.2 Å². The van der Waals surface area contributed by atoms with Crippen LogP contribution in [0.3, 0.4) is 0 Å². The van der Waals surface area contributed by atoms with Crippen molar-refractivity contribution in [1.29, 1.82) is 0 Å². The Bertz CT molecular complexity index is 667. The molecular weight excluding hydrogens is 260 g/mol. The van der Waals surface area contributed by atoms with Crippen molar-refractivity contribution in [2.45, 2.75) is 19.8 Å². The topological polar surface area (TPSA) is 46.3 Å². The molecule has 3 nitrogen and oxygen atoms in total. The van der Waals surface area contributed by atoms with E-state index in [1.165, 1.54) is 10.8 Å².